The van der Waals surface area contributed by atoms with Crippen LogP contribution < -0.4 is 15.3 Å². The first-order chi connectivity index (χ1) is 8.34. The Morgan fingerprint density at radius 3 is 2.47 bits per heavy atom. The summed E-state index contributed by atoms with van der Waals surface area (Å²) in [6, 6.07) is 16.9. The lowest BCUT2D eigenvalue weighted by molar-refractivity contribution is 0.0967. The van der Waals surface area contributed by atoms with Gasteiger partial charge in [0, 0.05) is 0 Å². The fraction of sp³-hybridized carbons (Fsp3) is 0. The van der Waals surface area contributed by atoms with Crippen LogP contribution in [0.15, 0.2) is 54.6 Å². The molecule has 2 aromatic rings. The lowest BCUT2D eigenvalue weighted by Crippen LogP contribution is -2.55. The van der Waals surface area contributed by atoms with E-state index in [0.717, 1.165) is 5.46 Å². The fourth-order valence-electron chi connectivity index (χ4n) is 1.89. The molecule has 2 aromatic carbocycles. The number of amides is 1. The second-order valence-corrected chi connectivity index (χ2v) is 3.88. The molecule has 4 heteroatoms. The maximum absolute atomic E-state index is 11.9. The average molecular weight is 223 g/mol. The molecule has 0 bridgehead atoms. The monoisotopic (exact) mass is 223 g/mol. The molecule has 1 aliphatic heterocycles. The molecule has 0 atom stereocenters. The number of carbonyl (C=O) groups is 1. The van der Waals surface area contributed by atoms with Crippen LogP contribution in [0.5, 0.6) is 5.75 Å². The normalized spacial score (nSPS) is 13.6. The largest absolute Gasteiger partial charge is 0.537 e. The standard InChI is InChI=1S/C13H10BNO2/c16-13-11-8-4-5-9-12(11)17-14(15-13)10-6-2-1-3-7-10/h1-9H,(H,15,16). The Morgan fingerprint density at radius 2 is 1.65 bits per heavy atom. The molecule has 0 aliphatic carbocycles. The van der Waals surface area contributed by atoms with Crippen LogP contribution in [0.3, 0.4) is 0 Å². The first-order valence-corrected chi connectivity index (χ1v) is 5.46. The fourth-order valence-corrected chi connectivity index (χ4v) is 1.89. The molecule has 0 spiro atoms. The quantitative estimate of drug-likeness (QED) is 0.737. The van der Waals surface area contributed by atoms with E-state index in [1.54, 1.807) is 6.07 Å². The number of benzene rings is 2. The van der Waals surface area contributed by atoms with E-state index in [0.29, 0.717) is 11.3 Å². The predicted octanol–water partition coefficient (Wildman–Crippen LogP) is 1.20. The summed E-state index contributed by atoms with van der Waals surface area (Å²) in [5.74, 6) is 0.533. The van der Waals surface area contributed by atoms with E-state index in [1.165, 1.54) is 0 Å². The van der Waals surface area contributed by atoms with Gasteiger partial charge in [-0.3, -0.25) is 4.79 Å². The summed E-state index contributed by atoms with van der Waals surface area (Å²) < 4.78 is 5.76. The molecule has 0 fully saturated rings. The van der Waals surface area contributed by atoms with Crippen molar-refractivity contribution in [3.63, 3.8) is 0 Å². The van der Waals surface area contributed by atoms with Crippen molar-refractivity contribution in [3.8, 4) is 5.75 Å². The second-order valence-electron chi connectivity index (χ2n) is 3.88. The number of fused-ring (bicyclic) bond motifs is 1. The molecule has 0 aromatic heterocycles. The Bertz CT molecular complexity index is 556. The number of para-hydroxylation sites is 1. The van der Waals surface area contributed by atoms with Gasteiger partial charge in [0.25, 0.3) is 0 Å². The zero-order chi connectivity index (χ0) is 11.7. The van der Waals surface area contributed by atoms with Crippen LogP contribution >= 0.6 is 0 Å². The van der Waals surface area contributed by atoms with Crippen molar-refractivity contribution in [1.29, 1.82) is 0 Å². The van der Waals surface area contributed by atoms with Crippen molar-refractivity contribution in [1.82, 2.24) is 5.23 Å². The minimum atomic E-state index is -0.404. The first-order valence-electron chi connectivity index (χ1n) is 5.46. The topological polar surface area (TPSA) is 38.3 Å². The summed E-state index contributed by atoms with van der Waals surface area (Å²) >= 11 is 0. The van der Waals surface area contributed by atoms with Gasteiger partial charge < -0.3 is 9.88 Å². The molecule has 3 nitrogen and oxygen atoms in total. The van der Waals surface area contributed by atoms with Crippen LogP contribution in [0.1, 0.15) is 10.4 Å². The molecule has 17 heavy (non-hydrogen) atoms. The predicted molar refractivity (Wildman–Crippen MR) is 66.4 cm³/mol. The van der Waals surface area contributed by atoms with Gasteiger partial charge in [-0.25, -0.2) is 0 Å². The smallest absolute Gasteiger partial charge is 0.519 e. The summed E-state index contributed by atoms with van der Waals surface area (Å²) in [5, 5.41) is 2.83. The van der Waals surface area contributed by atoms with Gasteiger partial charge in [-0.2, -0.15) is 0 Å². The van der Waals surface area contributed by atoms with E-state index in [4.69, 9.17) is 4.65 Å². The molecule has 0 radical (unpaired) electrons. The highest BCUT2D eigenvalue weighted by Gasteiger charge is 2.31. The van der Waals surface area contributed by atoms with Crippen molar-refractivity contribution in [3.05, 3.63) is 60.2 Å². The molecule has 3 rings (SSSR count). The highest BCUT2D eigenvalue weighted by atomic mass is 16.4. The second kappa shape index (κ2) is 3.98. The van der Waals surface area contributed by atoms with Gasteiger partial charge in [-0.1, -0.05) is 42.5 Å². The van der Waals surface area contributed by atoms with E-state index >= 15 is 0 Å². The van der Waals surface area contributed by atoms with Crippen molar-refractivity contribution < 1.29 is 9.45 Å². The molecule has 1 N–H and O–H groups in total. The zero-order valence-electron chi connectivity index (χ0n) is 9.09. The highest BCUT2D eigenvalue weighted by Crippen LogP contribution is 2.21. The minimum absolute atomic E-state index is 0.0966. The third-order valence-electron chi connectivity index (χ3n) is 2.74. The van der Waals surface area contributed by atoms with Crippen molar-refractivity contribution in [2.45, 2.75) is 0 Å². The van der Waals surface area contributed by atoms with Crippen LogP contribution in [0.4, 0.5) is 0 Å². The van der Waals surface area contributed by atoms with Gasteiger partial charge >= 0.3 is 7.05 Å². The Labute approximate surface area is 99.6 Å². The molecular weight excluding hydrogens is 213 g/mol. The van der Waals surface area contributed by atoms with Crippen molar-refractivity contribution in [2.75, 3.05) is 0 Å². The summed E-state index contributed by atoms with van der Waals surface area (Å²) in [7, 11) is -0.404. The van der Waals surface area contributed by atoms with Crippen molar-refractivity contribution in [2.24, 2.45) is 0 Å². The molecule has 82 valence electrons. The molecule has 1 aliphatic rings. The molecule has 0 saturated carbocycles. The maximum atomic E-state index is 11.9. The van der Waals surface area contributed by atoms with E-state index < -0.39 is 7.05 Å². The number of rotatable bonds is 1. The summed E-state index contributed by atoms with van der Waals surface area (Å²) in [4.78, 5) is 11.9. The molecule has 0 saturated heterocycles. The number of hydrogen-bond donors (Lipinski definition) is 1. The Balaban J connectivity index is 1.97. The number of nitrogens with one attached hydrogen (secondary N) is 1. The third-order valence-corrected chi connectivity index (χ3v) is 2.74. The molecule has 0 unspecified atom stereocenters. The van der Waals surface area contributed by atoms with Gasteiger partial charge in [0.05, 0.1) is 5.56 Å². The zero-order valence-corrected chi connectivity index (χ0v) is 9.09. The van der Waals surface area contributed by atoms with Gasteiger partial charge in [-0.15, -0.1) is 0 Å². The van der Waals surface area contributed by atoms with E-state index in [-0.39, 0.29) is 5.91 Å². The Morgan fingerprint density at radius 1 is 0.941 bits per heavy atom. The number of carbonyl (C=O) groups excluding carboxylic acids is 1. The van der Waals surface area contributed by atoms with Gasteiger partial charge in [-0.05, 0) is 17.6 Å². The van der Waals surface area contributed by atoms with Crippen LogP contribution in [0, 0.1) is 0 Å². The van der Waals surface area contributed by atoms with Crippen LogP contribution in [-0.2, 0) is 0 Å². The first kappa shape index (κ1) is 9.96. The lowest BCUT2D eigenvalue weighted by atomic mass is 9.72. The SMILES string of the molecule is O=C1NB(c2ccccc2)Oc2ccccc21. The number of hydrogen-bond acceptors (Lipinski definition) is 2. The lowest BCUT2D eigenvalue weighted by Gasteiger charge is -2.23. The molecule has 1 heterocycles. The maximum Gasteiger partial charge on any atom is 0.519 e. The van der Waals surface area contributed by atoms with E-state index in [1.807, 2.05) is 48.5 Å². The summed E-state index contributed by atoms with van der Waals surface area (Å²) in [5.41, 5.74) is 1.52. The highest BCUT2D eigenvalue weighted by molar-refractivity contribution is 6.69. The summed E-state index contributed by atoms with van der Waals surface area (Å²) in [6.45, 7) is 0. The Hall–Kier alpha value is -2.23. The third kappa shape index (κ3) is 1.78. The van der Waals surface area contributed by atoms with Gasteiger partial charge in [0.2, 0.25) is 5.91 Å². The van der Waals surface area contributed by atoms with E-state index in [2.05, 4.69) is 5.23 Å². The van der Waals surface area contributed by atoms with Crippen LogP contribution in [0.2, 0.25) is 0 Å². The summed E-state index contributed by atoms with van der Waals surface area (Å²) in [6.07, 6.45) is 0. The Kier molecular flexibility index (Phi) is 2.33. The van der Waals surface area contributed by atoms with Crippen LogP contribution in [-0.4, -0.2) is 13.0 Å². The average Bonchev–Trinajstić information content (AvgIpc) is 2.40. The molecule has 1 amide bonds. The van der Waals surface area contributed by atoms with Crippen LogP contribution in [0.25, 0.3) is 0 Å². The van der Waals surface area contributed by atoms with Gasteiger partial charge in [0.1, 0.15) is 5.75 Å². The van der Waals surface area contributed by atoms with Crippen molar-refractivity contribution >= 4 is 18.4 Å². The minimum Gasteiger partial charge on any atom is -0.537 e. The van der Waals surface area contributed by atoms with E-state index in [9.17, 15) is 4.79 Å². The molecular formula is C13H10BNO2. The van der Waals surface area contributed by atoms with Gasteiger partial charge in [0.15, 0.2) is 0 Å².